The second kappa shape index (κ2) is 8.95. The standard InChI is InChI=1S/C19H30FNO2S/c1-3-4-5-6-7-8-18-15-17(20)13-14-21(18)24(22,23)19-11-9-16(2)10-12-19/h9-12,17-18H,3-8,13-15H2,1-2H3. The Balaban J connectivity index is 2.07. The number of unbranched alkanes of at least 4 members (excludes halogenated alkanes) is 4. The zero-order valence-electron chi connectivity index (χ0n) is 14.9. The molecule has 2 rings (SSSR count). The molecule has 1 aliphatic heterocycles. The topological polar surface area (TPSA) is 37.4 Å². The molecule has 1 fully saturated rings. The SMILES string of the molecule is CCCCCCCC1CC(F)CCN1S(=O)(=O)c1ccc(C)cc1. The first kappa shape index (κ1) is 19.4. The number of rotatable bonds is 8. The maximum absolute atomic E-state index is 13.9. The lowest BCUT2D eigenvalue weighted by Crippen LogP contribution is -2.46. The minimum atomic E-state index is -3.53. The minimum absolute atomic E-state index is 0.207. The van der Waals surface area contributed by atoms with Gasteiger partial charge in [-0.05, 0) is 38.3 Å². The summed E-state index contributed by atoms with van der Waals surface area (Å²) in [6.45, 7) is 4.39. The van der Waals surface area contributed by atoms with E-state index in [9.17, 15) is 12.8 Å². The van der Waals surface area contributed by atoms with Crippen LogP contribution in [0.15, 0.2) is 29.2 Å². The van der Waals surface area contributed by atoms with Gasteiger partial charge in [0, 0.05) is 12.6 Å². The molecule has 1 saturated heterocycles. The molecule has 0 radical (unpaired) electrons. The third-order valence-corrected chi connectivity index (χ3v) is 6.83. The van der Waals surface area contributed by atoms with E-state index in [0.29, 0.717) is 17.7 Å². The minimum Gasteiger partial charge on any atom is -0.247 e. The fraction of sp³-hybridized carbons (Fsp3) is 0.684. The van der Waals surface area contributed by atoms with Gasteiger partial charge in [-0.2, -0.15) is 4.31 Å². The van der Waals surface area contributed by atoms with Gasteiger partial charge in [0.15, 0.2) is 0 Å². The highest BCUT2D eigenvalue weighted by molar-refractivity contribution is 7.89. The summed E-state index contributed by atoms with van der Waals surface area (Å²) in [5, 5.41) is 0. The predicted octanol–water partition coefficient (Wildman–Crippen LogP) is 4.85. The molecule has 5 heteroatoms. The van der Waals surface area contributed by atoms with Crippen LogP contribution in [-0.4, -0.2) is 31.5 Å². The Morgan fingerprint density at radius 2 is 1.79 bits per heavy atom. The maximum Gasteiger partial charge on any atom is 0.243 e. The number of benzene rings is 1. The summed E-state index contributed by atoms with van der Waals surface area (Å²) in [5.74, 6) is 0. The fourth-order valence-electron chi connectivity index (χ4n) is 3.39. The average molecular weight is 356 g/mol. The first-order valence-electron chi connectivity index (χ1n) is 9.17. The van der Waals surface area contributed by atoms with Crippen molar-refractivity contribution < 1.29 is 12.8 Å². The Morgan fingerprint density at radius 3 is 2.46 bits per heavy atom. The number of piperidine rings is 1. The van der Waals surface area contributed by atoms with Crippen LogP contribution in [0.2, 0.25) is 0 Å². The van der Waals surface area contributed by atoms with Crippen LogP contribution in [0, 0.1) is 6.92 Å². The van der Waals surface area contributed by atoms with E-state index in [1.807, 2.05) is 19.1 Å². The molecule has 1 aliphatic rings. The lowest BCUT2D eigenvalue weighted by Gasteiger charge is -2.36. The Morgan fingerprint density at radius 1 is 1.12 bits per heavy atom. The molecule has 1 aromatic rings. The Bertz CT molecular complexity index is 600. The largest absolute Gasteiger partial charge is 0.247 e. The van der Waals surface area contributed by atoms with Crippen molar-refractivity contribution in [2.45, 2.75) is 82.3 Å². The van der Waals surface area contributed by atoms with Crippen molar-refractivity contribution in [1.29, 1.82) is 0 Å². The van der Waals surface area contributed by atoms with E-state index in [-0.39, 0.29) is 12.6 Å². The monoisotopic (exact) mass is 355 g/mol. The Hall–Kier alpha value is -0.940. The second-order valence-electron chi connectivity index (χ2n) is 6.91. The lowest BCUT2D eigenvalue weighted by molar-refractivity contribution is 0.147. The van der Waals surface area contributed by atoms with E-state index in [1.165, 1.54) is 19.3 Å². The van der Waals surface area contributed by atoms with Crippen LogP contribution < -0.4 is 0 Å². The molecule has 1 heterocycles. The third-order valence-electron chi connectivity index (χ3n) is 4.87. The van der Waals surface area contributed by atoms with Crippen molar-refractivity contribution in [3.63, 3.8) is 0 Å². The highest BCUT2D eigenvalue weighted by Gasteiger charge is 2.36. The van der Waals surface area contributed by atoms with Gasteiger partial charge in [-0.15, -0.1) is 0 Å². The molecule has 2 atom stereocenters. The number of aryl methyl sites for hydroxylation is 1. The molecule has 0 aliphatic carbocycles. The Labute approximate surface area is 146 Å². The molecule has 0 bridgehead atoms. The summed E-state index contributed by atoms with van der Waals surface area (Å²) in [5.41, 5.74) is 1.03. The van der Waals surface area contributed by atoms with E-state index >= 15 is 0 Å². The van der Waals surface area contributed by atoms with Crippen LogP contribution in [0.1, 0.15) is 63.9 Å². The molecule has 0 aromatic heterocycles. The molecule has 24 heavy (non-hydrogen) atoms. The summed E-state index contributed by atoms with van der Waals surface area (Å²) in [6.07, 6.45) is 6.15. The van der Waals surface area contributed by atoms with Crippen LogP contribution in [0.3, 0.4) is 0 Å². The van der Waals surface area contributed by atoms with Gasteiger partial charge in [0.2, 0.25) is 10.0 Å². The summed E-state index contributed by atoms with van der Waals surface area (Å²) in [7, 11) is -3.53. The first-order chi connectivity index (χ1) is 11.4. The number of sulfonamides is 1. The van der Waals surface area contributed by atoms with Gasteiger partial charge in [-0.3, -0.25) is 0 Å². The van der Waals surface area contributed by atoms with Gasteiger partial charge in [-0.1, -0.05) is 56.7 Å². The van der Waals surface area contributed by atoms with Crippen LogP contribution >= 0.6 is 0 Å². The molecule has 0 spiro atoms. The van der Waals surface area contributed by atoms with Crippen molar-refractivity contribution in [3.05, 3.63) is 29.8 Å². The lowest BCUT2D eigenvalue weighted by atomic mass is 9.97. The summed E-state index contributed by atoms with van der Waals surface area (Å²) in [4.78, 5) is 0.321. The normalized spacial score (nSPS) is 22.6. The molecule has 0 N–H and O–H groups in total. The molecule has 2 unspecified atom stereocenters. The number of alkyl halides is 1. The van der Waals surface area contributed by atoms with Crippen LogP contribution in [0.4, 0.5) is 4.39 Å². The van der Waals surface area contributed by atoms with Gasteiger partial charge < -0.3 is 0 Å². The van der Waals surface area contributed by atoms with E-state index in [0.717, 1.165) is 24.8 Å². The van der Waals surface area contributed by atoms with E-state index in [4.69, 9.17) is 0 Å². The first-order valence-corrected chi connectivity index (χ1v) is 10.6. The van der Waals surface area contributed by atoms with Crippen LogP contribution in [0.25, 0.3) is 0 Å². The van der Waals surface area contributed by atoms with E-state index in [1.54, 1.807) is 16.4 Å². The average Bonchev–Trinajstić information content (AvgIpc) is 2.55. The number of hydrogen-bond donors (Lipinski definition) is 0. The molecular formula is C19H30FNO2S. The number of hydrogen-bond acceptors (Lipinski definition) is 2. The van der Waals surface area contributed by atoms with Gasteiger partial charge in [-0.25, -0.2) is 12.8 Å². The zero-order chi connectivity index (χ0) is 17.6. The Kier molecular flexibility index (Phi) is 7.23. The third kappa shape index (κ3) is 5.03. The van der Waals surface area contributed by atoms with Gasteiger partial charge >= 0.3 is 0 Å². The van der Waals surface area contributed by atoms with Crippen molar-refractivity contribution in [2.75, 3.05) is 6.54 Å². The van der Waals surface area contributed by atoms with E-state index < -0.39 is 16.2 Å². The zero-order valence-corrected chi connectivity index (χ0v) is 15.7. The smallest absolute Gasteiger partial charge is 0.243 e. The summed E-state index contributed by atoms with van der Waals surface area (Å²) in [6, 6.07) is 6.74. The summed E-state index contributed by atoms with van der Waals surface area (Å²) >= 11 is 0. The van der Waals surface area contributed by atoms with Crippen molar-refractivity contribution >= 4 is 10.0 Å². The molecule has 0 amide bonds. The number of nitrogens with zero attached hydrogens (tertiary/aromatic N) is 1. The molecule has 3 nitrogen and oxygen atoms in total. The highest BCUT2D eigenvalue weighted by Crippen LogP contribution is 2.30. The molecule has 136 valence electrons. The summed E-state index contributed by atoms with van der Waals surface area (Å²) < 4.78 is 41.3. The maximum atomic E-state index is 13.9. The van der Waals surface area contributed by atoms with Gasteiger partial charge in [0.25, 0.3) is 0 Å². The number of halogens is 1. The molecule has 1 aromatic carbocycles. The highest BCUT2D eigenvalue weighted by atomic mass is 32.2. The van der Waals surface area contributed by atoms with Crippen molar-refractivity contribution in [1.82, 2.24) is 4.31 Å². The fourth-order valence-corrected chi connectivity index (χ4v) is 5.07. The van der Waals surface area contributed by atoms with E-state index in [2.05, 4.69) is 6.92 Å². The quantitative estimate of drug-likeness (QED) is 0.625. The second-order valence-corrected chi connectivity index (χ2v) is 8.80. The molecular weight excluding hydrogens is 325 g/mol. The molecule has 0 saturated carbocycles. The van der Waals surface area contributed by atoms with Crippen molar-refractivity contribution in [3.8, 4) is 0 Å². The van der Waals surface area contributed by atoms with Crippen LogP contribution in [0.5, 0.6) is 0 Å². The predicted molar refractivity (Wildman–Crippen MR) is 96.4 cm³/mol. The van der Waals surface area contributed by atoms with Gasteiger partial charge in [0.05, 0.1) is 4.90 Å². The van der Waals surface area contributed by atoms with Crippen molar-refractivity contribution in [2.24, 2.45) is 0 Å². The van der Waals surface area contributed by atoms with Gasteiger partial charge in [0.1, 0.15) is 6.17 Å². The van der Waals surface area contributed by atoms with Crippen LogP contribution in [-0.2, 0) is 10.0 Å².